The Bertz CT molecular complexity index is 326. The Morgan fingerprint density at radius 2 is 1.81 bits per heavy atom. The second kappa shape index (κ2) is 6.52. The lowest BCUT2D eigenvalue weighted by atomic mass is 9.95. The largest absolute Gasteiger partial charge is 0.0828 e. The molecule has 0 fully saturated rings. The van der Waals surface area contributed by atoms with Gasteiger partial charge >= 0.3 is 0 Å². The summed E-state index contributed by atoms with van der Waals surface area (Å²) in [6.07, 6.45) is 6.12. The average molecular weight is 216 g/mol. The summed E-state index contributed by atoms with van der Waals surface area (Å²) in [5.74, 6) is 0.742. The molecular formula is C16H24. The molecular weight excluding hydrogens is 192 g/mol. The molecule has 1 unspecified atom stereocenters. The molecule has 0 radical (unpaired) electrons. The summed E-state index contributed by atoms with van der Waals surface area (Å²) >= 11 is 0. The maximum absolute atomic E-state index is 2.41. The molecule has 0 aliphatic rings. The van der Waals surface area contributed by atoms with Crippen molar-refractivity contribution in [2.45, 2.75) is 47.0 Å². The van der Waals surface area contributed by atoms with E-state index in [1.54, 1.807) is 0 Å². The highest BCUT2D eigenvalue weighted by atomic mass is 14.1. The van der Waals surface area contributed by atoms with Crippen LogP contribution in [-0.4, -0.2) is 0 Å². The lowest BCUT2D eigenvalue weighted by molar-refractivity contribution is 0.569. The van der Waals surface area contributed by atoms with Crippen LogP contribution in [0, 0.1) is 12.8 Å². The van der Waals surface area contributed by atoms with Crippen molar-refractivity contribution >= 4 is 0 Å². The van der Waals surface area contributed by atoms with E-state index in [4.69, 9.17) is 0 Å². The molecule has 0 bridgehead atoms. The topological polar surface area (TPSA) is 0 Å². The van der Waals surface area contributed by atoms with E-state index in [-0.39, 0.29) is 0 Å². The van der Waals surface area contributed by atoms with Gasteiger partial charge in [0, 0.05) is 0 Å². The zero-order valence-corrected chi connectivity index (χ0v) is 11.1. The molecule has 88 valence electrons. The summed E-state index contributed by atoms with van der Waals surface area (Å²) in [7, 11) is 0. The molecule has 0 spiro atoms. The molecule has 1 aromatic carbocycles. The summed E-state index contributed by atoms with van der Waals surface area (Å²) in [6, 6.07) is 8.92. The van der Waals surface area contributed by atoms with Crippen LogP contribution >= 0.6 is 0 Å². The Morgan fingerprint density at radius 1 is 1.19 bits per heavy atom. The Balaban J connectivity index is 2.49. The second-order valence-corrected chi connectivity index (χ2v) is 4.94. The van der Waals surface area contributed by atoms with Gasteiger partial charge in [-0.15, -0.1) is 0 Å². The zero-order valence-electron chi connectivity index (χ0n) is 11.1. The molecule has 0 aromatic heterocycles. The molecule has 0 heterocycles. The van der Waals surface area contributed by atoms with E-state index in [9.17, 15) is 0 Å². The standard InChI is InChI=1S/C16H24/c1-5-15(12-13(2)3)10-11-16-8-6-14(4)7-9-16/h6-9,12,15H,5,10-11H2,1-4H3. The Hall–Kier alpha value is -1.04. The molecule has 0 amide bonds. The van der Waals surface area contributed by atoms with Gasteiger partial charge in [-0.2, -0.15) is 0 Å². The van der Waals surface area contributed by atoms with Gasteiger partial charge in [0.1, 0.15) is 0 Å². The van der Waals surface area contributed by atoms with Crippen LogP contribution in [0.1, 0.15) is 44.7 Å². The Kier molecular flexibility index (Phi) is 5.31. The summed E-state index contributed by atoms with van der Waals surface area (Å²) in [4.78, 5) is 0. The molecule has 1 atom stereocenters. The van der Waals surface area contributed by atoms with Crippen LogP contribution in [-0.2, 0) is 6.42 Å². The zero-order chi connectivity index (χ0) is 12.0. The van der Waals surface area contributed by atoms with Gasteiger partial charge in [-0.3, -0.25) is 0 Å². The van der Waals surface area contributed by atoms with E-state index in [1.165, 1.54) is 36.0 Å². The number of hydrogen-bond donors (Lipinski definition) is 0. The van der Waals surface area contributed by atoms with Gasteiger partial charge in [0.05, 0.1) is 0 Å². The first-order valence-corrected chi connectivity index (χ1v) is 6.32. The predicted molar refractivity (Wildman–Crippen MR) is 72.7 cm³/mol. The third-order valence-corrected chi connectivity index (χ3v) is 3.02. The van der Waals surface area contributed by atoms with E-state index >= 15 is 0 Å². The Morgan fingerprint density at radius 3 is 2.31 bits per heavy atom. The van der Waals surface area contributed by atoms with Crippen molar-refractivity contribution in [2.75, 3.05) is 0 Å². The summed E-state index contributed by atoms with van der Waals surface area (Å²) in [5, 5.41) is 0. The number of rotatable bonds is 5. The maximum Gasteiger partial charge on any atom is -0.0231 e. The average Bonchev–Trinajstić information content (AvgIpc) is 2.26. The van der Waals surface area contributed by atoms with Gasteiger partial charge in [0.25, 0.3) is 0 Å². The van der Waals surface area contributed by atoms with Crippen molar-refractivity contribution < 1.29 is 0 Å². The van der Waals surface area contributed by atoms with Crippen LogP contribution in [0.5, 0.6) is 0 Å². The second-order valence-electron chi connectivity index (χ2n) is 4.94. The molecule has 0 saturated carbocycles. The monoisotopic (exact) mass is 216 g/mol. The molecule has 0 heteroatoms. The fraction of sp³-hybridized carbons (Fsp3) is 0.500. The van der Waals surface area contributed by atoms with Crippen LogP contribution in [0.2, 0.25) is 0 Å². The third-order valence-electron chi connectivity index (χ3n) is 3.02. The van der Waals surface area contributed by atoms with Crippen molar-refractivity contribution in [1.29, 1.82) is 0 Å². The Labute approximate surface area is 100 Å². The molecule has 0 aliphatic carbocycles. The summed E-state index contributed by atoms with van der Waals surface area (Å²) < 4.78 is 0. The van der Waals surface area contributed by atoms with Crippen LogP contribution in [0.3, 0.4) is 0 Å². The lowest BCUT2D eigenvalue weighted by Crippen LogP contribution is -1.98. The van der Waals surface area contributed by atoms with Crippen molar-refractivity contribution in [3.63, 3.8) is 0 Å². The highest BCUT2D eigenvalue weighted by Gasteiger charge is 2.03. The highest BCUT2D eigenvalue weighted by molar-refractivity contribution is 5.21. The van der Waals surface area contributed by atoms with Gasteiger partial charge < -0.3 is 0 Å². The molecule has 0 N–H and O–H groups in total. The quantitative estimate of drug-likeness (QED) is 0.613. The summed E-state index contributed by atoms with van der Waals surface area (Å²) in [5.41, 5.74) is 4.25. The smallest absolute Gasteiger partial charge is 0.0231 e. The van der Waals surface area contributed by atoms with Crippen LogP contribution in [0.25, 0.3) is 0 Å². The first-order valence-electron chi connectivity index (χ1n) is 6.32. The van der Waals surface area contributed by atoms with E-state index in [0.29, 0.717) is 0 Å². The van der Waals surface area contributed by atoms with Crippen LogP contribution in [0.4, 0.5) is 0 Å². The molecule has 0 saturated heterocycles. The van der Waals surface area contributed by atoms with E-state index in [1.807, 2.05) is 0 Å². The van der Waals surface area contributed by atoms with Crippen molar-refractivity contribution in [3.8, 4) is 0 Å². The first kappa shape index (κ1) is 13.0. The van der Waals surface area contributed by atoms with E-state index in [0.717, 1.165) is 5.92 Å². The highest BCUT2D eigenvalue weighted by Crippen LogP contribution is 2.16. The normalized spacial score (nSPS) is 12.2. The van der Waals surface area contributed by atoms with Gasteiger partial charge in [-0.25, -0.2) is 0 Å². The van der Waals surface area contributed by atoms with Gasteiger partial charge in [-0.05, 0) is 51.5 Å². The number of aryl methyl sites for hydroxylation is 2. The molecule has 1 rings (SSSR count). The minimum Gasteiger partial charge on any atom is -0.0828 e. The van der Waals surface area contributed by atoms with E-state index in [2.05, 4.69) is 58.0 Å². The minimum absolute atomic E-state index is 0.742. The number of allylic oxidation sites excluding steroid dienone is 2. The van der Waals surface area contributed by atoms with E-state index < -0.39 is 0 Å². The molecule has 1 aromatic rings. The summed E-state index contributed by atoms with van der Waals surface area (Å²) in [6.45, 7) is 8.80. The molecule has 16 heavy (non-hydrogen) atoms. The fourth-order valence-corrected chi connectivity index (χ4v) is 1.98. The van der Waals surface area contributed by atoms with Crippen molar-refractivity contribution in [1.82, 2.24) is 0 Å². The van der Waals surface area contributed by atoms with Gasteiger partial charge in [0.2, 0.25) is 0 Å². The number of hydrogen-bond acceptors (Lipinski definition) is 0. The van der Waals surface area contributed by atoms with Crippen LogP contribution < -0.4 is 0 Å². The lowest BCUT2D eigenvalue weighted by Gasteiger charge is -2.11. The first-order chi connectivity index (χ1) is 7.61. The fourth-order valence-electron chi connectivity index (χ4n) is 1.98. The predicted octanol–water partition coefficient (Wildman–Crippen LogP) is 4.92. The van der Waals surface area contributed by atoms with Gasteiger partial charge in [-0.1, -0.05) is 48.4 Å². The van der Waals surface area contributed by atoms with Crippen molar-refractivity contribution in [3.05, 3.63) is 47.0 Å². The van der Waals surface area contributed by atoms with Crippen LogP contribution in [0.15, 0.2) is 35.9 Å². The molecule has 0 aliphatic heterocycles. The van der Waals surface area contributed by atoms with Gasteiger partial charge in [0.15, 0.2) is 0 Å². The minimum atomic E-state index is 0.742. The molecule has 0 nitrogen and oxygen atoms in total. The van der Waals surface area contributed by atoms with Crippen molar-refractivity contribution in [2.24, 2.45) is 5.92 Å². The third kappa shape index (κ3) is 4.65. The maximum atomic E-state index is 2.41. The number of benzene rings is 1. The SMILES string of the molecule is CCC(C=C(C)C)CCc1ccc(C)cc1.